The molecule has 0 atom stereocenters. The Bertz CT molecular complexity index is 397. The van der Waals surface area contributed by atoms with E-state index in [0.717, 1.165) is 35.8 Å². The summed E-state index contributed by atoms with van der Waals surface area (Å²) in [6.45, 7) is 6.28. The molecule has 100 valence electrons. The molecule has 0 fully saturated rings. The lowest BCUT2D eigenvalue weighted by Gasteiger charge is -2.15. The van der Waals surface area contributed by atoms with E-state index in [9.17, 15) is 4.79 Å². The molecule has 1 aromatic rings. The standard InChI is InChI=1S/C15H22BrNO/c1-4-6-12(7-5-2)15(18)17-13-9-8-11(3)14(16)10-13/h8-10,12H,4-7H2,1-3H3,(H,17,18). The first-order chi connectivity index (χ1) is 8.58. The van der Waals surface area contributed by atoms with Crippen LogP contribution in [0.3, 0.4) is 0 Å². The second-order valence-electron chi connectivity index (χ2n) is 4.73. The van der Waals surface area contributed by atoms with Crippen LogP contribution in [0.25, 0.3) is 0 Å². The lowest BCUT2D eigenvalue weighted by Crippen LogP contribution is -2.22. The summed E-state index contributed by atoms with van der Waals surface area (Å²) in [6, 6.07) is 5.92. The number of benzene rings is 1. The maximum Gasteiger partial charge on any atom is 0.227 e. The molecule has 2 nitrogen and oxygen atoms in total. The zero-order valence-corrected chi connectivity index (χ0v) is 13.0. The summed E-state index contributed by atoms with van der Waals surface area (Å²) in [4.78, 5) is 12.2. The Morgan fingerprint density at radius 2 is 1.89 bits per heavy atom. The predicted octanol–water partition coefficient (Wildman–Crippen LogP) is 4.91. The van der Waals surface area contributed by atoms with Gasteiger partial charge < -0.3 is 5.32 Å². The molecule has 18 heavy (non-hydrogen) atoms. The summed E-state index contributed by atoms with van der Waals surface area (Å²) in [7, 11) is 0. The van der Waals surface area contributed by atoms with Crippen molar-refractivity contribution in [1.82, 2.24) is 0 Å². The third-order valence-electron chi connectivity index (χ3n) is 3.08. The molecule has 1 aromatic carbocycles. The molecule has 3 heteroatoms. The van der Waals surface area contributed by atoms with Crippen LogP contribution in [0.5, 0.6) is 0 Å². The molecule has 0 saturated carbocycles. The quantitative estimate of drug-likeness (QED) is 0.794. The molecule has 0 aliphatic carbocycles. The monoisotopic (exact) mass is 311 g/mol. The fourth-order valence-corrected chi connectivity index (χ4v) is 2.40. The topological polar surface area (TPSA) is 29.1 Å². The first-order valence-corrected chi connectivity index (χ1v) is 7.44. The van der Waals surface area contributed by atoms with Gasteiger partial charge in [-0.15, -0.1) is 0 Å². The van der Waals surface area contributed by atoms with Gasteiger partial charge in [0.15, 0.2) is 0 Å². The number of aryl methyl sites for hydroxylation is 1. The predicted molar refractivity (Wildman–Crippen MR) is 80.8 cm³/mol. The molecule has 0 radical (unpaired) electrons. The molecule has 0 aliphatic rings. The van der Waals surface area contributed by atoms with Crippen LogP contribution in [0.15, 0.2) is 22.7 Å². The highest BCUT2D eigenvalue weighted by Crippen LogP contribution is 2.22. The molecule has 0 aliphatic heterocycles. The first-order valence-electron chi connectivity index (χ1n) is 6.65. The Balaban J connectivity index is 2.69. The minimum Gasteiger partial charge on any atom is -0.326 e. The van der Waals surface area contributed by atoms with Crippen molar-refractivity contribution in [2.24, 2.45) is 5.92 Å². The van der Waals surface area contributed by atoms with Gasteiger partial charge in [-0.05, 0) is 37.5 Å². The highest BCUT2D eigenvalue weighted by Gasteiger charge is 2.16. The van der Waals surface area contributed by atoms with Gasteiger partial charge in [0.25, 0.3) is 0 Å². The lowest BCUT2D eigenvalue weighted by molar-refractivity contribution is -0.120. The van der Waals surface area contributed by atoms with Gasteiger partial charge in [0.05, 0.1) is 0 Å². The Kier molecular flexibility index (Phi) is 6.41. The molecular weight excluding hydrogens is 290 g/mol. The zero-order valence-electron chi connectivity index (χ0n) is 11.4. The van der Waals surface area contributed by atoms with Gasteiger partial charge >= 0.3 is 0 Å². The first kappa shape index (κ1) is 15.2. The highest BCUT2D eigenvalue weighted by atomic mass is 79.9. The molecular formula is C15H22BrNO. The van der Waals surface area contributed by atoms with Crippen LogP contribution in [0.1, 0.15) is 45.1 Å². The SMILES string of the molecule is CCCC(CCC)C(=O)Nc1ccc(C)c(Br)c1. The van der Waals surface area contributed by atoms with E-state index >= 15 is 0 Å². The minimum absolute atomic E-state index is 0.139. The second kappa shape index (κ2) is 7.57. The van der Waals surface area contributed by atoms with Gasteiger partial charge in [0.1, 0.15) is 0 Å². The minimum atomic E-state index is 0.139. The van der Waals surface area contributed by atoms with Crippen LogP contribution in [-0.4, -0.2) is 5.91 Å². The fraction of sp³-hybridized carbons (Fsp3) is 0.533. The molecule has 0 heterocycles. The van der Waals surface area contributed by atoms with E-state index in [2.05, 4.69) is 35.1 Å². The number of carbonyl (C=O) groups is 1. The Labute approximate surface area is 118 Å². The third kappa shape index (κ3) is 4.45. The Morgan fingerprint density at radius 3 is 2.39 bits per heavy atom. The summed E-state index contributed by atoms with van der Waals surface area (Å²) in [6.07, 6.45) is 4.03. The van der Waals surface area contributed by atoms with Crippen LogP contribution in [0.4, 0.5) is 5.69 Å². The van der Waals surface area contributed by atoms with E-state index in [4.69, 9.17) is 0 Å². The number of nitrogens with one attached hydrogen (secondary N) is 1. The molecule has 1 N–H and O–H groups in total. The Hall–Kier alpha value is -0.830. The summed E-state index contributed by atoms with van der Waals surface area (Å²) >= 11 is 3.48. The average Bonchev–Trinajstić information content (AvgIpc) is 2.33. The van der Waals surface area contributed by atoms with E-state index in [1.54, 1.807) is 0 Å². The van der Waals surface area contributed by atoms with Crippen LogP contribution in [0, 0.1) is 12.8 Å². The smallest absolute Gasteiger partial charge is 0.227 e. The van der Waals surface area contributed by atoms with Gasteiger partial charge in [-0.1, -0.05) is 48.7 Å². The van der Waals surface area contributed by atoms with E-state index in [1.807, 2.05) is 25.1 Å². The average molecular weight is 312 g/mol. The van der Waals surface area contributed by atoms with Crippen molar-refractivity contribution in [1.29, 1.82) is 0 Å². The van der Waals surface area contributed by atoms with Crippen molar-refractivity contribution in [3.63, 3.8) is 0 Å². The fourth-order valence-electron chi connectivity index (χ4n) is 2.02. The number of hydrogen-bond acceptors (Lipinski definition) is 1. The summed E-state index contributed by atoms with van der Waals surface area (Å²) in [5, 5.41) is 3.01. The number of rotatable bonds is 6. The van der Waals surface area contributed by atoms with Crippen molar-refractivity contribution < 1.29 is 4.79 Å². The van der Waals surface area contributed by atoms with E-state index in [0.29, 0.717) is 0 Å². The molecule has 0 bridgehead atoms. The normalized spacial score (nSPS) is 10.7. The number of carbonyl (C=O) groups excluding carboxylic acids is 1. The van der Waals surface area contributed by atoms with Crippen LogP contribution >= 0.6 is 15.9 Å². The van der Waals surface area contributed by atoms with Gasteiger partial charge in [-0.3, -0.25) is 4.79 Å². The van der Waals surface area contributed by atoms with Gasteiger partial charge in [0, 0.05) is 16.1 Å². The highest BCUT2D eigenvalue weighted by molar-refractivity contribution is 9.10. The van der Waals surface area contributed by atoms with E-state index < -0.39 is 0 Å². The molecule has 0 unspecified atom stereocenters. The number of anilines is 1. The van der Waals surface area contributed by atoms with Gasteiger partial charge in [-0.25, -0.2) is 0 Å². The molecule has 1 rings (SSSR count). The summed E-state index contributed by atoms with van der Waals surface area (Å²) < 4.78 is 1.03. The zero-order chi connectivity index (χ0) is 13.5. The Morgan fingerprint density at radius 1 is 1.28 bits per heavy atom. The van der Waals surface area contributed by atoms with Crippen LogP contribution < -0.4 is 5.32 Å². The van der Waals surface area contributed by atoms with Crippen LogP contribution in [0.2, 0.25) is 0 Å². The summed E-state index contributed by atoms with van der Waals surface area (Å²) in [5.74, 6) is 0.287. The van der Waals surface area contributed by atoms with E-state index in [-0.39, 0.29) is 11.8 Å². The van der Waals surface area contributed by atoms with Crippen LogP contribution in [-0.2, 0) is 4.79 Å². The molecule has 0 aromatic heterocycles. The van der Waals surface area contributed by atoms with Gasteiger partial charge in [-0.2, -0.15) is 0 Å². The third-order valence-corrected chi connectivity index (χ3v) is 3.94. The number of hydrogen-bond donors (Lipinski definition) is 1. The maximum absolute atomic E-state index is 12.2. The number of amides is 1. The molecule has 0 saturated heterocycles. The van der Waals surface area contributed by atoms with E-state index in [1.165, 1.54) is 5.56 Å². The number of halogens is 1. The van der Waals surface area contributed by atoms with Crippen molar-refractivity contribution >= 4 is 27.5 Å². The lowest BCUT2D eigenvalue weighted by atomic mass is 9.97. The van der Waals surface area contributed by atoms with Gasteiger partial charge in [0.2, 0.25) is 5.91 Å². The molecule has 1 amide bonds. The van der Waals surface area contributed by atoms with Crippen molar-refractivity contribution in [2.75, 3.05) is 5.32 Å². The van der Waals surface area contributed by atoms with Crippen molar-refractivity contribution in [3.05, 3.63) is 28.2 Å². The van der Waals surface area contributed by atoms with Crippen molar-refractivity contribution in [2.45, 2.75) is 46.5 Å². The second-order valence-corrected chi connectivity index (χ2v) is 5.58. The largest absolute Gasteiger partial charge is 0.326 e. The maximum atomic E-state index is 12.2. The molecule has 0 spiro atoms. The summed E-state index contributed by atoms with van der Waals surface area (Å²) in [5.41, 5.74) is 2.04. The van der Waals surface area contributed by atoms with Crippen molar-refractivity contribution in [3.8, 4) is 0 Å².